The summed E-state index contributed by atoms with van der Waals surface area (Å²) in [6.45, 7) is 4.10. The quantitative estimate of drug-likeness (QED) is 0.849. The predicted octanol–water partition coefficient (Wildman–Crippen LogP) is 3.91. The van der Waals surface area contributed by atoms with Crippen molar-refractivity contribution < 1.29 is 13.9 Å². The van der Waals surface area contributed by atoms with Gasteiger partial charge in [-0.05, 0) is 25.5 Å². The van der Waals surface area contributed by atoms with Crippen molar-refractivity contribution in [3.05, 3.63) is 47.8 Å². The van der Waals surface area contributed by atoms with Crippen LogP contribution in [0.25, 0.3) is 0 Å². The Bertz CT molecular complexity index is 584. The predicted molar refractivity (Wildman–Crippen MR) is 73.2 cm³/mol. The molecule has 0 aliphatic rings. The van der Waals surface area contributed by atoms with Crippen molar-refractivity contribution in [3.63, 3.8) is 0 Å². The third kappa shape index (κ3) is 3.16. The van der Waals surface area contributed by atoms with Gasteiger partial charge in [-0.2, -0.15) is 0 Å². The van der Waals surface area contributed by atoms with E-state index in [1.807, 2.05) is 6.92 Å². The fourth-order valence-corrected chi connectivity index (χ4v) is 1.73. The second-order valence-electron chi connectivity index (χ2n) is 4.16. The molecule has 2 aromatic rings. The van der Waals surface area contributed by atoms with Crippen LogP contribution >= 0.6 is 0 Å². The molecule has 2 N–H and O–H groups in total. The first-order valence-corrected chi connectivity index (χ1v) is 6.06. The normalized spacial score (nSPS) is 10.3. The van der Waals surface area contributed by atoms with E-state index >= 15 is 0 Å². The maximum absolute atomic E-state index is 13.8. The minimum absolute atomic E-state index is 0.174. The molecule has 2 rings (SSSR count). The molecule has 19 heavy (non-hydrogen) atoms. The lowest BCUT2D eigenvalue weighted by molar-refractivity contribution is 0.338. The number of nitrogen functional groups attached to an aromatic ring is 1. The van der Waals surface area contributed by atoms with Crippen LogP contribution in [-0.2, 0) is 0 Å². The van der Waals surface area contributed by atoms with E-state index in [1.165, 1.54) is 0 Å². The third-order valence-electron chi connectivity index (χ3n) is 2.60. The Balaban J connectivity index is 2.30. The highest BCUT2D eigenvalue weighted by molar-refractivity contribution is 5.51. The minimum Gasteiger partial charge on any atom is -0.494 e. The molecule has 0 heterocycles. The van der Waals surface area contributed by atoms with Gasteiger partial charge in [-0.25, -0.2) is 4.39 Å². The fraction of sp³-hybridized carbons (Fsp3) is 0.200. The van der Waals surface area contributed by atoms with Crippen molar-refractivity contribution in [1.29, 1.82) is 0 Å². The number of anilines is 1. The van der Waals surface area contributed by atoms with E-state index in [9.17, 15) is 4.39 Å². The molecule has 2 aromatic carbocycles. The smallest absolute Gasteiger partial charge is 0.168 e. The van der Waals surface area contributed by atoms with Gasteiger partial charge in [0.15, 0.2) is 11.6 Å². The van der Waals surface area contributed by atoms with Crippen LogP contribution < -0.4 is 15.2 Å². The molecular formula is C15H16FNO2. The number of halogens is 1. The summed E-state index contributed by atoms with van der Waals surface area (Å²) in [6.07, 6.45) is 0. The molecule has 100 valence electrons. The molecule has 0 amide bonds. The molecule has 0 atom stereocenters. The van der Waals surface area contributed by atoms with E-state index in [-0.39, 0.29) is 11.6 Å². The number of nitrogens with two attached hydrogens (primary N) is 1. The third-order valence-corrected chi connectivity index (χ3v) is 2.60. The number of hydrogen-bond donors (Lipinski definition) is 1. The summed E-state index contributed by atoms with van der Waals surface area (Å²) < 4.78 is 24.7. The lowest BCUT2D eigenvalue weighted by Crippen LogP contribution is -1.96. The van der Waals surface area contributed by atoms with Crippen LogP contribution in [0.15, 0.2) is 36.4 Å². The summed E-state index contributed by atoms with van der Waals surface area (Å²) in [6, 6.07) is 10.0. The molecule has 4 heteroatoms. The number of benzene rings is 2. The van der Waals surface area contributed by atoms with Crippen molar-refractivity contribution >= 4 is 5.69 Å². The van der Waals surface area contributed by atoms with Gasteiger partial charge in [-0.1, -0.05) is 12.1 Å². The van der Waals surface area contributed by atoms with Crippen molar-refractivity contribution in [2.75, 3.05) is 12.3 Å². The van der Waals surface area contributed by atoms with Crippen molar-refractivity contribution in [2.45, 2.75) is 13.8 Å². The van der Waals surface area contributed by atoms with Gasteiger partial charge in [-0.3, -0.25) is 0 Å². The van der Waals surface area contributed by atoms with Gasteiger partial charge in [0.05, 0.1) is 6.61 Å². The Kier molecular flexibility index (Phi) is 3.90. The Labute approximate surface area is 111 Å². The second kappa shape index (κ2) is 5.61. The molecule has 0 radical (unpaired) electrons. The highest BCUT2D eigenvalue weighted by Crippen LogP contribution is 2.30. The summed E-state index contributed by atoms with van der Waals surface area (Å²) >= 11 is 0. The molecular weight excluding hydrogens is 245 g/mol. The molecule has 0 saturated carbocycles. The summed E-state index contributed by atoms with van der Waals surface area (Å²) in [5.41, 5.74) is 6.80. The molecule has 0 aliphatic heterocycles. The zero-order valence-electron chi connectivity index (χ0n) is 10.9. The van der Waals surface area contributed by atoms with Crippen molar-refractivity contribution in [2.24, 2.45) is 0 Å². The molecule has 0 aromatic heterocycles. The van der Waals surface area contributed by atoms with E-state index in [0.29, 0.717) is 29.4 Å². The monoisotopic (exact) mass is 261 g/mol. The largest absolute Gasteiger partial charge is 0.494 e. The molecule has 0 fully saturated rings. The van der Waals surface area contributed by atoms with Gasteiger partial charge in [0, 0.05) is 23.9 Å². The first kappa shape index (κ1) is 13.2. The molecule has 0 saturated heterocycles. The standard InChI is InChI=1S/C15H16FNO2/c1-3-18-12-7-11(17)8-13(9-12)19-14-6-4-5-10(2)15(14)16/h4-9H,3,17H2,1-2H3. The van der Waals surface area contributed by atoms with Gasteiger partial charge in [0.1, 0.15) is 11.5 Å². The summed E-state index contributed by atoms with van der Waals surface area (Å²) in [4.78, 5) is 0. The van der Waals surface area contributed by atoms with Crippen LogP contribution in [0.3, 0.4) is 0 Å². The van der Waals surface area contributed by atoms with Gasteiger partial charge in [-0.15, -0.1) is 0 Å². The second-order valence-corrected chi connectivity index (χ2v) is 4.16. The molecule has 0 bridgehead atoms. The Morgan fingerprint density at radius 1 is 1.16 bits per heavy atom. The number of aryl methyl sites for hydroxylation is 1. The number of hydrogen-bond acceptors (Lipinski definition) is 3. The highest BCUT2D eigenvalue weighted by atomic mass is 19.1. The Hall–Kier alpha value is -2.23. The van der Waals surface area contributed by atoms with Gasteiger partial charge in [0.2, 0.25) is 0 Å². The van der Waals surface area contributed by atoms with E-state index in [1.54, 1.807) is 43.3 Å². The average molecular weight is 261 g/mol. The Morgan fingerprint density at radius 3 is 2.63 bits per heavy atom. The lowest BCUT2D eigenvalue weighted by atomic mass is 10.2. The van der Waals surface area contributed by atoms with E-state index in [0.717, 1.165) is 0 Å². The first-order valence-electron chi connectivity index (χ1n) is 6.06. The number of rotatable bonds is 4. The van der Waals surface area contributed by atoms with Crippen LogP contribution in [0.2, 0.25) is 0 Å². The SMILES string of the molecule is CCOc1cc(N)cc(Oc2cccc(C)c2F)c1. The minimum atomic E-state index is -0.372. The van der Waals surface area contributed by atoms with Gasteiger partial charge < -0.3 is 15.2 Å². The Morgan fingerprint density at radius 2 is 1.89 bits per heavy atom. The maximum Gasteiger partial charge on any atom is 0.168 e. The topological polar surface area (TPSA) is 44.5 Å². The van der Waals surface area contributed by atoms with Gasteiger partial charge >= 0.3 is 0 Å². The van der Waals surface area contributed by atoms with Gasteiger partial charge in [0.25, 0.3) is 0 Å². The van der Waals surface area contributed by atoms with Crippen LogP contribution in [0.4, 0.5) is 10.1 Å². The molecule has 0 spiro atoms. The summed E-state index contributed by atoms with van der Waals surface area (Å²) in [5, 5.41) is 0. The zero-order chi connectivity index (χ0) is 13.8. The van der Waals surface area contributed by atoms with Crippen LogP contribution in [0.1, 0.15) is 12.5 Å². The average Bonchev–Trinajstić information content (AvgIpc) is 2.35. The molecule has 0 unspecified atom stereocenters. The van der Waals surface area contributed by atoms with E-state index in [4.69, 9.17) is 15.2 Å². The molecule has 3 nitrogen and oxygen atoms in total. The van der Waals surface area contributed by atoms with Crippen molar-refractivity contribution in [1.82, 2.24) is 0 Å². The highest BCUT2D eigenvalue weighted by Gasteiger charge is 2.08. The van der Waals surface area contributed by atoms with E-state index in [2.05, 4.69) is 0 Å². The maximum atomic E-state index is 13.8. The van der Waals surface area contributed by atoms with Crippen LogP contribution in [-0.4, -0.2) is 6.61 Å². The van der Waals surface area contributed by atoms with E-state index < -0.39 is 0 Å². The summed E-state index contributed by atoms with van der Waals surface area (Å²) in [5.74, 6) is 0.856. The molecule has 0 aliphatic carbocycles. The van der Waals surface area contributed by atoms with Crippen LogP contribution in [0.5, 0.6) is 17.2 Å². The van der Waals surface area contributed by atoms with Crippen molar-refractivity contribution in [3.8, 4) is 17.2 Å². The number of ether oxygens (including phenoxy) is 2. The lowest BCUT2D eigenvalue weighted by Gasteiger charge is -2.11. The van der Waals surface area contributed by atoms with Crippen LogP contribution in [0, 0.1) is 12.7 Å². The fourth-order valence-electron chi connectivity index (χ4n) is 1.73. The summed E-state index contributed by atoms with van der Waals surface area (Å²) in [7, 11) is 0. The zero-order valence-corrected chi connectivity index (χ0v) is 10.9. The first-order chi connectivity index (χ1) is 9.10.